The van der Waals surface area contributed by atoms with Crippen LogP contribution in [0.25, 0.3) is 0 Å². The molecule has 1 aromatic carbocycles. The number of amides is 1. The van der Waals surface area contributed by atoms with Gasteiger partial charge >= 0.3 is 0 Å². The highest BCUT2D eigenvalue weighted by Gasteiger charge is 2.09. The van der Waals surface area contributed by atoms with Crippen molar-refractivity contribution in [3.05, 3.63) is 50.4 Å². The van der Waals surface area contributed by atoms with E-state index < -0.39 is 5.82 Å². The second-order valence-corrected chi connectivity index (χ2v) is 5.69. The Morgan fingerprint density at radius 1 is 1.42 bits per heavy atom. The molecule has 3 N–H and O–H groups in total. The van der Waals surface area contributed by atoms with Gasteiger partial charge in [0.05, 0.1) is 4.88 Å². The monoisotopic (exact) mass is 344 g/mol. The molecule has 0 unspecified atom stereocenters. The van der Waals surface area contributed by atoms with E-state index in [0.717, 1.165) is 4.88 Å². The van der Waals surface area contributed by atoms with Gasteiger partial charge in [-0.05, 0) is 30.3 Å². The molecule has 0 spiro atoms. The Balaban J connectivity index is 2.02. The molecule has 0 atom stereocenters. The first-order chi connectivity index (χ1) is 9.10. The number of hydrogen-bond acceptors (Lipinski definition) is 4. The van der Waals surface area contributed by atoms with Gasteiger partial charge in [-0.2, -0.15) is 0 Å². The molecule has 2 rings (SSSR count). The second-order valence-electron chi connectivity index (χ2n) is 3.60. The van der Waals surface area contributed by atoms with Crippen LogP contribution in [0.2, 0.25) is 0 Å². The van der Waals surface area contributed by atoms with Crippen LogP contribution in [0.5, 0.6) is 5.75 Å². The molecule has 19 heavy (non-hydrogen) atoms. The van der Waals surface area contributed by atoms with E-state index in [1.54, 1.807) is 24.3 Å². The van der Waals surface area contributed by atoms with Gasteiger partial charge in [0.1, 0.15) is 6.61 Å². The lowest BCUT2D eigenvalue weighted by atomic mass is 10.3. The lowest BCUT2D eigenvalue weighted by Gasteiger charge is -2.05. The van der Waals surface area contributed by atoms with Crippen LogP contribution in [-0.4, -0.2) is 5.91 Å². The lowest BCUT2D eigenvalue weighted by molar-refractivity contribution is 0.0957. The number of halogens is 2. The molecule has 0 aliphatic heterocycles. The largest absolute Gasteiger partial charge is 0.485 e. The number of hydrazine groups is 1. The van der Waals surface area contributed by atoms with Gasteiger partial charge < -0.3 is 4.74 Å². The van der Waals surface area contributed by atoms with E-state index in [9.17, 15) is 9.18 Å². The molecular formula is C12H10BrFN2O2S. The molecule has 7 heteroatoms. The van der Waals surface area contributed by atoms with Gasteiger partial charge in [-0.1, -0.05) is 15.9 Å². The number of nitrogens with one attached hydrogen (secondary N) is 1. The van der Waals surface area contributed by atoms with Crippen molar-refractivity contribution in [2.75, 3.05) is 0 Å². The predicted molar refractivity (Wildman–Crippen MR) is 74.4 cm³/mol. The molecule has 0 bridgehead atoms. The topological polar surface area (TPSA) is 64.3 Å². The first-order valence-electron chi connectivity index (χ1n) is 5.27. The standard InChI is InChI=1S/C12H10BrFN2O2S/c13-7-1-3-10(9(14)5-7)18-6-8-2-4-11(19-8)12(17)16-15/h1-5H,6,15H2,(H,16,17). The average molecular weight is 345 g/mol. The number of hydrogen-bond donors (Lipinski definition) is 2. The Morgan fingerprint density at radius 2 is 2.21 bits per heavy atom. The zero-order chi connectivity index (χ0) is 13.8. The number of carbonyl (C=O) groups excluding carboxylic acids is 1. The predicted octanol–water partition coefficient (Wildman–Crippen LogP) is 2.83. The van der Waals surface area contributed by atoms with Crippen molar-refractivity contribution in [2.45, 2.75) is 6.61 Å². The summed E-state index contributed by atoms with van der Waals surface area (Å²) in [5.41, 5.74) is 2.05. The van der Waals surface area contributed by atoms with Gasteiger partial charge in [0, 0.05) is 9.35 Å². The summed E-state index contributed by atoms with van der Waals surface area (Å²) in [5.74, 6) is 4.41. The average Bonchev–Trinajstić information content (AvgIpc) is 2.85. The summed E-state index contributed by atoms with van der Waals surface area (Å²) in [6.45, 7) is 0.196. The Bertz CT molecular complexity index is 603. The van der Waals surface area contributed by atoms with Crippen molar-refractivity contribution >= 4 is 33.2 Å². The van der Waals surface area contributed by atoms with E-state index in [1.807, 2.05) is 5.43 Å². The van der Waals surface area contributed by atoms with E-state index in [-0.39, 0.29) is 18.3 Å². The number of thiophene rings is 1. The van der Waals surface area contributed by atoms with Gasteiger partial charge in [-0.25, -0.2) is 10.2 Å². The summed E-state index contributed by atoms with van der Waals surface area (Å²) in [6.07, 6.45) is 0. The Labute approximate surface area is 121 Å². The fourth-order valence-corrected chi connectivity index (χ4v) is 2.55. The first kappa shape index (κ1) is 14.0. The van der Waals surface area contributed by atoms with Gasteiger partial charge in [0.15, 0.2) is 11.6 Å². The first-order valence-corrected chi connectivity index (χ1v) is 6.88. The van der Waals surface area contributed by atoms with Gasteiger partial charge in [-0.3, -0.25) is 10.2 Å². The van der Waals surface area contributed by atoms with Crippen LogP contribution in [0.4, 0.5) is 4.39 Å². The molecule has 0 saturated carbocycles. The van der Waals surface area contributed by atoms with E-state index in [2.05, 4.69) is 15.9 Å². The Kier molecular flexibility index (Phi) is 4.52. The zero-order valence-electron chi connectivity index (χ0n) is 9.65. The van der Waals surface area contributed by atoms with Crippen molar-refractivity contribution in [1.82, 2.24) is 5.43 Å². The third-order valence-corrected chi connectivity index (χ3v) is 3.83. The fourth-order valence-electron chi connectivity index (χ4n) is 1.39. The molecule has 1 amide bonds. The molecular weight excluding hydrogens is 335 g/mol. The van der Waals surface area contributed by atoms with Crippen LogP contribution in [0.15, 0.2) is 34.8 Å². The minimum absolute atomic E-state index is 0.168. The smallest absolute Gasteiger partial charge is 0.275 e. The third kappa shape index (κ3) is 3.52. The molecule has 0 aliphatic rings. The Morgan fingerprint density at radius 3 is 2.89 bits per heavy atom. The number of carbonyl (C=O) groups is 1. The highest BCUT2D eigenvalue weighted by atomic mass is 79.9. The van der Waals surface area contributed by atoms with E-state index in [1.165, 1.54) is 17.4 Å². The highest BCUT2D eigenvalue weighted by molar-refractivity contribution is 9.10. The number of nitrogens with two attached hydrogens (primary N) is 1. The van der Waals surface area contributed by atoms with Crippen molar-refractivity contribution in [3.8, 4) is 5.75 Å². The van der Waals surface area contributed by atoms with Crippen LogP contribution in [-0.2, 0) is 6.61 Å². The van der Waals surface area contributed by atoms with E-state index in [4.69, 9.17) is 10.6 Å². The molecule has 4 nitrogen and oxygen atoms in total. The van der Waals surface area contributed by atoms with Gasteiger partial charge in [0.2, 0.25) is 0 Å². The Hall–Kier alpha value is -1.44. The number of rotatable bonds is 4. The molecule has 1 heterocycles. The molecule has 0 fully saturated rings. The van der Waals surface area contributed by atoms with Crippen LogP contribution in [0.3, 0.4) is 0 Å². The fraction of sp³-hybridized carbons (Fsp3) is 0.0833. The van der Waals surface area contributed by atoms with E-state index in [0.29, 0.717) is 9.35 Å². The summed E-state index contributed by atoms with van der Waals surface area (Å²) < 4.78 is 19.5. The SMILES string of the molecule is NNC(=O)c1ccc(COc2ccc(Br)cc2F)s1. The van der Waals surface area contributed by atoms with Gasteiger partial charge in [0.25, 0.3) is 5.91 Å². The van der Waals surface area contributed by atoms with Crippen LogP contribution in [0, 0.1) is 5.82 Å². The normalized spacial score (nSPS) is 10.3. The molecule has 1 aromatic heterocycles. The molecule has 0 radical (unpaired) electrons. The van der Waals surface area contributed by atoms with Crippen LogP contribution < -0.4 is 16.0 Å². The minimum atomic E-state index is -0.439. The zero-order valence-corrected chi connectivity index (χ0v) is 12.1. The van der Waals surface area contributed by atoms with Gasteiger partial charge in [-0.15, -0.1) is 11.3 Å². The van der Waals surface area contributed by atoms with Crippen LogP contribution >= 0.6 is 27.3 Å². The summed E-state index contributed by atoms with van der Waals surface area (Å²) in [5, 5.41) is 0. The van der Waals surface area contributed by atoms with Crippen molar-refractivity contribution in [1.29, 1.82) is 0 Å². The third-order valence-electron chi connectivity index (χ3n) is 2.28. The molecule has 2 aromatic rings. The van der Waals surface area contributed by atoms with Crippen molar-refractivity contribution in [2.24, 2.45) is 5.84 Å². The van der Waals surface area contributed by atoms with Crippen LogP contribution in [0.1, 0.15) is 14.5 Å². The summed E-state index contributed by atoms with van der Waals surface area (Å²) >= 11 is 4.41. The highest BCUT2D eigenvalue weighted by Crippen LogP contribution is 2.24. The van der Waals surface area contributed by atoms with Crippen molar-refractivity contribution < 1.29 is 13.9 Å². The maximum Gasteiger partial charge on any atom is 0.275 e. The van der Waals surface area contributed by atoms with Crippen molar-refractivity contribution in [3.63, 3.8) is 0 Å². The summed E-state index contributed by atoms with van der Waals surface area (Å²) in [7, 11) is 0. The van der Waals surface area contributed by atoms with E-state index >= 15 is 0 Å². The maximum atomic E-state index is 13.5. The minimum Gasteiger partial charge on any atom is -0.485 e. The number of ether oxygens (including phenoxy) is 1. The number of benzene rings is 1. The number of nitrogen functional groups attached to an aromatic ring is 1. The molecule has 100 valence electrons. The molecule has 0 aliphatic carbocycles. The quantitative estimate of drug-likeness (QED) is 0.509. The maximum absolute atomic E-state index is 13.5. The molecule has 0 saturated heterocycles. The summed E-state index contributed by atoms with van der Waals surface area (Å²) in [4.78, 5) is 12.6. The lowest BCUT2D eigenvalue weighted by Crippen LogP contribution is -2.29. The summed E-state index contributed by atoms with van der Waals surface area (Å²) in [6, 6.07) is 7.95. The second kappa shape index (κ2) is 6.14.